The molecule has 2 nitrogen and oxygen atoms in total. The molecular weight excluding hydrogens is 92.1 g/mol. The fourth-order valence-corrected chi connectivity index (χ4v) is 0.346. The molecule has 0 amide bonds. The van der Waals surface area contributed by atoms with E-state index in [0.717, 1.165) is 0 Å². The summed E-state index contributed by atoms with van der Waals surface area (Å²) in [6.07, 6.45) is 1.40. The van der Waals surface area contributed by atoms with E-state index in [-0.39, 0.29) is 5.79 Å². The normalized spacial score (nSPS) is 37.3. The van der Waals surface area contributed by atoms with E-state index in [1.807, 2.05) is 6.92 Å². The molecule has 0 saturated carbocycles. The Morgan fingerprint density at radius 3 is 2.71 bits per heavy atom. The van der Waals surface area contributed by atoms with E-state index in [9.17, 15) is 0 Å². The van der Waals surface area contributed by atoms with Crippen LogP contribution in [-0.2, 0) is 9.47 Å². The Hall–Kier alpha value is -0.500. The molecule has 1 aliphatic heterocycles. The largest absolute Gasteiger partial charge is 0.468 e. The summed E-state index contributed by atoms with van der Waals surface area (Å²) in [7, 11) is 0. The maximum Gasteiger partial charge on any atom is 0.230 e. The molecule has 1 heterocycles. The third-order valence-corrected chi connectivity index (χ3v) is 0.883. The lowest BCUT2D eigenvalue weighted by molar-refractivity contribution is 0.0371. The maximum absolute atomic E-state index is 4.88. The van der Waals surface area contributed by atoms with Gasteiger partial charge in [0.15, 0.2) is 0 Å². The van der Waals surface area contributed by atoms with Crippen LogP contribution in [0.1, 0.15) is 6.92 Å². The van der Waals surface area contributed by atoms with Crippen LogP contribution in [0.15, 0.2) is 12.8 Å². The molecule has 2 heteroatoms. The molecule has 1 saturated heterocycles. The molecule has 1 aliphatic rings. The first kappa shape index (κ1) is 4.65. The molecule has 0 aliphatic carbocycles. The second kappa shape index (κ2) is 1.23. The zero-order valence-corrected chi connectivity index (χ0v) is 4.31. The molecule has 0 aromatic rings. The first-order valence-corrected chi connectivity index (χ1v) is 2.19. The number of rotatable bonds is 2. The van der Waals surface area contributed by atoms with Gasteiger partial charge in [0.25, 0.3) is 0 Å². The summed E-state index contributed by atoms with van der Waals surface area (Å²) in [6.45, 7) is 5.95. The van der Waals surface area contributed by atoms with Crippen molar-refractivity contribution in [3.05, 3.63) is 12.8 Å². The van der Waals surface area contributed by atoms with Gasteiger partial charge in [0.2, 0.25) is 5.79 Å². The Labute approximate surface area is 42.7 Å². The fourth-order valence-electron chi connectivity index (χ4n) is 0.346. The van der Waals surface area contributed by atoms with Crippen LogP contribution in [0.3, 0.4) is 0 Å². The van der Waals surface area contributed by atoms with Crippen LogP contribution in [0.5, 0.6) is 0 Å². The van der Waals surface area contributed by atoms with Crippen molar-refractivity contribution in [1.29, 1.82) is 0 Å². The molecule has 0 spiro atoms. The summed E-state index contributed by atoms with van der Waals surface area (Å²) in [6, 6.07) is 0. The van der Waals surface area contributed by atoms with Crippen molar-refractivity contribution >= 4 is 0 Å². The van der Waals surface area contributed by atoms with Gasteiger partial charge in [-0.05, 0) is 0 Å². The van der Waals surface area contributed by atoms with E-state index in [1.165, 1.54) is 6.26 Å². The monoisotopic (exact) mass is 100 g/mol. The smallest absolute Gasteiger partial charge is 0.230 e. The maximum atomic E-state index is 4.88. The van der Waals surface area contributed by atoms with E-state index in [1.54, 1.807) is 0 Å². The average Bonchev–Trinajstić information content (AvgIpc) is 2.22. The molecule has 1 rings (SSSR count). The topological polar surface area (TPSA) is 21.8 Å². The minimum absolute atomic E-state index is 0.318. The Kier molecular flexibility index (Phi) is 0.820. The minimum atomic E-state index is -0.318. The Morgan fingerprint density at radius 1 is 2.00 bits per heavy atom. The van der Waals surface area contributed by atoms with Gasteiger partial charge in [-0.1, -0.05) is 6.58 Å². The van der Waals surface area contributed by atoms with Gasteiger partial charge in [-0.3, -0.25) is 0 Å². The predicted molar refractivity (Wildman–Crippen MR) is 25.6 cm³/mol. The molecule has 1 unspecified atom stereocenters. The first-order valence-electron chi connectivity index (χ1n) is 2.19. The van der Waals surface area contributed by atoms with Crippen LogP contribution in [-0.4, -0.2) is 12.4 Å². The Balaban J connectivity index is 2.25. The van der Waals surface area contributed by atoms with Gasteiger partial charge >= 0.3 is 0 Å². The first-order chi connectivity index (χ1) is 3.27. The molecule has 40 valence electrons. The molecule has 0 bridgehead atoms. The predicted octanol–water partition coefficient (Wildman–Crippen LogP) is 0.893. The summed E-state index contributed by atoms with van der Waals surface area (Å²) in [5.74, 6) is -0.318. The van der Waals surface area contributed by atoms with Gasteiger partial charge in [0.05, 0.1) is 6.26 Å². The van der Waals surface area contributed by atoms with E-state index >= 15 is 0 Å². The molecular formula is C5H8O2. The number of hydrogen-bond donors (Lipinski definition) is 0. The second-order valence-corrected chi connectivity index (χ2v) is 1.71. The SMILES string of the molecule is C=COC1(C)CO1. The van der Waals surface area contributed by atoms with Crippen LogP contribution in [0.2, 0.25) is 0 Å². The lowest BCUT2D eigenvalue weighted by Gasteiger charge is -2.00. The lowest BCUT2D eigenvalue weighted by atomic mass is 10.5. The fraction of sp³-hybridized carbons (Fsp3) is 0.600. The molecule has 0 radical (unpaired) electrons. The minimum Gasteiger partial charge on any atom is -0.468 e. The molecule has 0 N–H and O–H groups in total. The average molecular weight is 100 g/mol. The van der Waals surface area contributed by atoms with E-state index in [0.29, 0.717) is 6.61 Å². The van der Waals surface area contributed by atoms with Crippen molar-refractivity contribution in [2.75, 3.05) is 6.61 Å². The highest BCUT2D eigenvalue weighted by Crippen LogP contribution is 2.26. The lowest BCUT2D eigenvalue weighted by Crippen LogP contribution is -2.04. The molecule has 7 heavy (non-hydrogen) atoms. The van der Waals surface area contributed by atoms with Crippen molar-refractivity contribution < 1.29 is 9.47 Å². The summed E-state index contributed by atoms with van der Waals surface area (Å²) < 4.78 is 9.72. The molecule has 0 aromatic heterocycles. The summed E-state index contributed by atoms with van der Waals surface area (Å²) in [5, 5.41) is 0. The summed E-state index contributed by atoms with van der Waals surface area (Å²) in [4.78, 5) is 0. The number of hydrogen-bond acceptors (Lipinski definition) is 2. The zero-order chi connectivity index (χ0) is 5.33. The molecule has 1 atom stereocenters. The summed E-state index contributed by atoms with van der Waals surface area (Å²) >= 11 is 0. The van der Waals surface area contributed by atoms with Gasteiger partial charge < -0.3 is 9.47 Å². The zero-order valence-electron chi connectivity index (χ0n) is 4.31. The van der Waals surface area contributed by atoms with Crippen molar-refractivity contribution in [1.82, 2.24) is 0 Å². The third-order valence-electron chi connectivity index (χ3n) is 0.883. The summed E-state index contributed by atoms with van der Waals surface area (Å²) in [5.41, 5.74) is 0. The van der Waals surface area contributed by atoms with Gasteiger partial charge in [-0.2, -0.15) is 0 Å². The van der Waals surface area contributed by atoms with Crippen LogP contribution in [0, 0.1) is 0 Å². The highest BCUT2D eigenvalue weighted by molar-refractivity contribution is 4.77. The van der Waals surface area contributed by atoms with Gasteiger partial charge in [-0.25, -0.2) is 0 Å². The van der Waals surface area contributed by atoms with Crippen LogP contribution >= 0.6 is 0 Å². The number of ether oxygens (including phenoxy) is 2. The van der Waals surface area contributed by atoms with Crippen molar-refractivity contribution in [3.8, 4) is 0 Å². The highest BCUT2D eigenvalue weighted by atomic mass is 16.8. The van der Waals surface area contributed by atoms with Gasteiger partial charge in [0.1, 0.15) is 6.61 Å². The van der Waals surface area contributed by atoms with E-state index in [2.05, 4.69) is 6.58 Å². The van der Waals surface area contributed by atoms with Crippen molar-refractivity contribution in [2.24, 2.45) is 0 Å². The second-order valence-electron chi connectivity index (χ2n) is 1.71. The van der Waals surface area contributed by atoms with Gasteiger partial charge in [0, 0.05) is 6.92 Å². The Bertz CT molecular complexity index is 84.1. The highest BCUT2D eigenvalue weighted by Gasteiger charge is 2.40. The van der Waals surface area contributed by atoms with Crippen molar-refractivity contribution in [3.63, 3.8) is 0 Å². The molecule has 1 fully saturated rings. The van der Waals surface area contributed by atoms with Crippen LogP contribution in [0.25, 0.3) is 0 Å². The molecule has 0 aromatic carbocycles. The third kappa shape index (κ3) is 0.933. The standard InChI is InChI=1S/C5H8O2/c1-3-6-5(2)4-7-5/h3H,1,4H2,2H3. The quantitative estimate of drug-likeness (QED) is 0.379. The Morgan fingerprint density at radius 2 is 2.57 bits per heavy atom. The van der Waals surface area contributed by atoms with Crippen LogP contribution < -0.4 is 0 Å². The van der Waals surface area contributed by atoms with Crippen molar-refractivity contribution in [2.45, 2.75) is 12.7 Å². The van der Waals surface area contributed by atoms with E-state index < -0.39 is 0 Å². The van der Waals surface area contributed by atoms with E-state index in [4.69, 9.17) is 9.47 Å². The van der Waals surface area contributed by atoms with Crippen LogP contribution in [0.4, 0.5) is 0 Å². The number of epoxide rings is 1. The van der Waals surface area contributed by atoms with Gasteiger partial charge in [-0.15, -0.1) is 0 Å².